The van der Waals surface area contributed by atoms with E-state index in [9.17, 15) is 9.59 Å². The van der Waals surface area contributed by atoms with Gasteiger partial charge in [-0.1, -0.05) is 5.16 Å². The van der Waals surface area contributed by atoms with Crippen molar-refractivity contribution in [2.75, 3.05) is 5.32 Å². The molecule has 0 aliphatic heterocycles. The summed E-state index contributed by atoms with van der Waals surface area (Å²) in [6.45, 7) is 9.50. The van der Waals surface area contributed by atoms with E-state index in [0.717, 1.165) is 17.0 Å². The molecule has 2 N–H and O–H groups in total. The van der Waals surface area contributed by atoms with Crippen LogP contribution in [0.2, 0.25) is 0 Å². The van der Waals surface area contributed by atoms with E-state index in [-0.39, 0.29) is 17.4 Å². The molecule has 6 heteroatoms. The lowest BCUT2D eigenvalue weighted by Crippen LogP contribution is -2.40. The van der Waals surface area contributed by atoms with Crippen molar-refractivity contribution in [2.45, 2.75) is 53.0 Å². The van der Waals surface area contributed by atoms with Gasteiger partial charge in [0.1, 0.15) is 5.76 Å². The second kappa shape index (κ2) is 7.51. The van der Waals surface area contributed by atoms with E-state index in [4.69, 9.17) is 4.52 Å². The van der Waals surface area contributed by atoms with E-state index in [1.807, 2.05) is 34.6 Å². The summed E-state index contributed by atoms with van der Waals surface area (Å²) in [5.41, 5.74) is 2.73. The summed E-state index contributed by atoms with van der Waals surface area (Å²) in [5.74, 6) is 0.523. The monoisotopic (exact) mass is 343 g/mol. The van der Waals surface area contributed by atoms with Crippen molar-refractivity contribution in [3.63, 3.8) is 0 Å². The predicted octanol–water partition coefficient (Wildman–Crippen LogP) is 3.39. The second-order valence-electron chi connectivity index (χ2n) is 7.13. The summed E-state index contributed by atoms with van der Waals surface area (Å²) in [7, 11) is 0. The highest BCUT2D eigenvalue weighted by Gasteiger charge is 2.15. The highest BCUT2D eigenvalue weighted by molar-refractivity contribution is 5.96. The number of aromatic nitrogens is 1. The summed E-state index contributed by atoms with van der Waals surface area (Å²) < 4.78 is 5.10. The maximum Gasteiger partial charge on any atom is 0.251 e. The van der Waals surface area contributed by atoms with Gasteiger partial charge in [0.05, 0.1) is 5.69 Å². The molecule has 25 heavy (non-hydrogen) atoms. The Hall–Kier alpha value is -2.63. The van der Waals surface area contributed by atoms with Crippen LogP contribution in [0.5, 0.6) is 0 Å². The maximum absolute atomic E-state index is 12.1. The first kappa shape index (κ1) is 18.7. The van der Waals surface area contributed by atoms with Gasteiger partial charge >= 0.3 is 0 Å². The van der Waals surface area contributed by atoms with E-state index in [0.29, 0.717) is 24.1 Å². The lowest BCUT2D eigenvalue weighted by molar-refractivity contribution is -0.116. The zero-order chi connectivity index (χ0) is 18.6. The second-order valence-corrected chi connectivity index (χ2v) is 7.13. The number of rotatable bonds is 5. The number of carbonyl (C=O) groups is 2. The Bertz CT molecular complexity index is 736. The van der Waals surface area contributed by atoms with Crippen LogP contribution in [-0.2, 0) is 11.2 Å². The Morgan fingerprint density at radius 3 is 2.28 bits per heavy atom. The molecule has 0 unspecified atom stereocenters. The molecule has 0 radical (unpaired) electrons. The number of benzene rings is 1. The van der Waals surface area contributed by atoms with E-state index in [1.165, 1.54) is 0 Å². The van der Waals surface area contributed by atoms with E-state index < -0.39 is 0 Å². The third-order valence-electron chi connectivity index (χ3n) is 3.70. The van der Waals surface area contributed by atoms with Gasteiger partial charge in [0.2, 0.25) is 5.91 Å². The Labute approximate surface area is 148 Å². The molecule has 1 heterocycles. The summed E-state index contributed by atoms with van der Waals surface area (Å²) in [6.07, 6.45) is 0.925. The molecule has 0 aliphatic rings. The molecule has 2 rings (SSSR count). The smallest absolute Gasteiger partial charge is 0.251 e. The Balaban J connectivity index is 1.90. The third kappa shape index (κ3) is 5.45. The zero-order valence-electron chi connectivity index (χ0n) is 15.4. The SMILES string of the molecule is Cc1noc(C)c1CCC(=O)Nc1ccc(C(=O)NC(C)(C)C)cc1. The van der Waals surface area contributed by atoms with Crippen LogP contribution in [0.4, 0.5) is 5.69 Å². The standard InChI is InChI=1S/C19H25N3O3/c1-12-16(13(2)25-22-12)10-11-17(23)20-15-8-6-14(7-9-15)18(24)21-19(3,4)5/h6-9H,10-11H2,1-5H3,(H,20,23)(H,21,24). The van der Waals surface area contributed by atoms with Gasteiger partial charge in [-0.15, -0.1) is 0 Å². The molecule has 0 spiro atoms. The van der Waals surface area contributed by atoms with Crippen molar-refractivity contribution in [2.24, 2.45) is 0 Å². The van der Waals surface area contributed by atoms with Crippen molar-refractivity contribution in [3.8, 4) is 0 Å². The lowest BCUT2D eigenvalue weighted by atomic mass is 10.1. The first-order valence-electron chi connectivity index (χ1n) is 8.30. The highest BCUT2D eigenvalue weighted by atomic mass is 16.5. The number of amides is 2. The molecule has 0 fully saturated rings. The minimum Gasteiger partial charge on any atom is -0.361 e. The number of nitrogens with one attached hydrogen (secondary N) is 2. The number of aryl methyl sites for hydroxylation is 2. The molecule has 0 saturated carbocycles. The number of hydrogen-bond donors (Lipinski definition) is 2. The summed E-state index contributed by atoms with van der Waals surface area (Å²) in [5, 5.41) is 9.62. The van der Waals surface area contributed by atoms with E-state index in [2.05, 4.69) is 15.8 Å². The van der Waals surface area contributed by atoms with Crippen LogP contribution in [0.15, 0.2) is 28.8 Å². The molecule has 6 nitrogen and oxygen atoms in total. The molecule has 0 saturated heterocycles. The quantitative estimate of drug-likeness (QED) is 0.871. The number of anilines is 1. The average Bonchev–Trinajstić information content (AvgIpc) is 2.83. The van der Waals surface area contributed by atoms with Crippen LogP contribution in [0, 0.1) is 13.8 Å². The minimum atomic E-state index is -0.290. The minimum absolute atomic E-state index is 0.0908. The topological polar surface area (TPSA) is 84.2 Å². The number of nitrogens with zero attached hydrogens (tertiary/aromatic N) is 1. The van der Waals surface area contributed by atoms with Gasteiger partial charge in [-0.05, 0) is 65.3 Å². The van der Waals surface area contributed by atoms with Gasteiger partial charge in [0.25, 0.3) is 5.91 Å². The summed E-state index contributed by atoms with van der Waals surface area (Å²) in [4.78, 5) is 24.2. The van der Waals surface area contributed by atoms with Crippen LogP contribution in [0.25, 0.3) is 0 Å². The molecule has 0 aliphatic carbocycles. The van der Waals surface area contributed by atoms with Crippen molar-refractivity contribution >= 4 is 17.5 Å². The van der Waals surface area contributed by atoms with E-state index >= 15 is 0 Å². The van der Waals surface area contributed by atoms with Crippen molar-refractivity contribution in [1.82, 2.24) is 10.5 Å². The maximum atomic E-state index is 12.1. The van der Waals surface area contributed by atoms with Crippen LogP contribution >= 0.6 is 0 Å². The molecule has 2 amide bonds. The van der Waals surface area contributed by atoms with Crippen molar-refractivity contribution in [1.29, 1.82) is 0 Å². The molecule has 0 bridgehead atoms. The predicted molar refractivity (Wildman–Crippen MR) is 96.6 cm³/mol. The van der Waals surface area contributed by atoms with Gasteiger partial charge < -0.3 is 15.2 Å². The third-order valence-corrected chi connectivity index (χ3v) is 3.70. The average molecular weight is 343 g/mol. The summed E-state index contributed by atoms with van der Waals surface area (Å²) >= 11 is 0. The molecule has 1 aromatic carbocycles. The first-order valence-corrected chi connectivity index (χ1v) is 8.30. The molecule has 1 aromatic heterocycles. The summed E-state index contributed by atoms with van der Waals surface area (Å²) in [6, 6.07) is 6.85. The molecule has 0 atom stereocenters. The largest absolute Gasteiger partial charge is 0.361 e. The van der Waals surface area contributed by atoms with Crippen LogP contribution in [-0.4, -0.2) is 22.5 Å². The fraction of sp³-hybridized carbons (Fsp3) is 0.421. The fourth-order valence-corrected chi connectivity index (χ4v) is 2.44. The lowest BCUT2D eigenvalue weighted by Gasteiger charge is -2.20. The van der Waals surface area contributed by atoms with Crippen molar-refractivity contribution < 1.29 is 14.1 Å². The first-order chi connectivity index (χ1) is 11.7. The molecular weight excluding hydrogens is 318 g/mol. The van der Waals surface area contributed by atoms with Crippen LogP contribution < -0.4 is 10.6 Å². The van der Waals surface area contributed by atoms with Crippen LogP contribution in [0.3, 0.4) is 0 Å². The highest BCUT2D eigenvalue weighted by Crippen LogP contribution is 2.16. The number of carbonyl (C=O) groups excluding carboxylic acids is 2. The molecular formula is C19H25N3O3. The molecule has 2 aromatic rings. The zero-order valence-corrected chi connectivity index (χ0v) is 15.4. The van der Waals surface area contributed by atoms with E-state index in [1.54, 1.807) is 24.3 Å². The van der Waals surface area contributed by atoms with Crippen LogP contribution in [0.1, 0.15) is 54.6 Å². The normalized spacial score (nSPS) is 11.2. The van der Waals surface area contributed by atoms with Gasteiger partial charge in [-0.3, -0.25) is 9.59 Å². The van der Waals surface area contributed by atoms with Gasteiger partial charge in [-0.25, -0.2) is 0 Å². The Kier molecular flexibility index (Phi) is 5.62. The Morgan fingerprint density at radius 2 is 1.76 bits per heavy atom. The fourth-order valence-electron chi connectivity index (χ4n) is 2.44. The van der Waals surface area contributed by atoms with Gasteiger partial charge in [0.15, 0.2) is 0 Å². The molecule has 134 valence electrons. The number of hydrogen-bond acceptors (Lipinski definition) is 4. The van der Waals surface area contributed by atoms with Crippen molar-refractivity contribution in [3.05, 3.63) is 46.8 Å². The van der Waals surface area contributed by atoms with Gasteiger partial charge in [0, 0.05) is 28.8 Å². The van der Waals surface area contributed by atoms with Gasteiger partial charge in [-0.2, -0.15) is 0 Å². The Morgan fingerprint density at radius 1 is 1.12 bits per heavy atom.